The number of Topliss-reactive ketones (excluding diaryl/α,β-unsaturated/α-hetero) is 1. The molecule has 186 valence electrons. The number of alkyl halides is 3. The summed E-state index contributed by atoms with van der Waals surface area (Å²) in [4.78, 5) is 15.1. The van der Waals surface area contributed by atoms with E-state index in [0.717, 1.165) is 31.4 Å². The number of carbonyl (C=O) groups is 1. The third kappa shape index (κ3) is 6.85. The molecule has 0 saturated carbocycles. The maximum Gasteiger partial charge on any atom is 0.573 e. The molecule has 0 radical (unpaired) electrons. The molecule has 0 amide bonds. The minimum absolute atomic E-state index is 0.0647. The van der Waals surface area contributed by atoms with Crippen molar-refractivity contribution in [2.45, 2.75) is 38.3 Å². The highest BCUT2D eigenvalue weighted by molar-refractivity contribution is 7.15. The van der Waals surface area contributed by atoms with Gasteiger partial charge in [-0.2, -0.15) is 5.10 Å². The molecule has 1 N–H and O–H groups in total. The lowest BCUT2D eigenvalue weighted by Crippen LogP contribution is -2.26. The molecule has 1 aliphatic rings. The first-order chi connectivity index (χ1) is 16.8. The van der Waals surface area contributed by atoms with Crippen molar-refractivity contribution in [1.29, 1.82) is 0 Å². The summed E-state index contributed by atoms with van der Waals surface area (Å²) in [6, 6.07) is 9.12. The lowest BCUT2D eigenvalue weighted by atomic mass is 10.0. The van der Waals surface area contributed by atoms with Gasteiger partial charge in [0.1, 0.15) is 16.9 Å². The quantitative estimate of drug-likeness (QED) is 0.438. The number of rotatable bonds is 10. The average molecular weight is 509 g/mol. The van der Waals surface area contributed by atoms with Crippen LogP contribution in [0.5, 0.6) is 5.75 Å². The van der Waals surface area contributed by atoms with Gasteiger partial charge in [-0.25, -0.2) is 0 Å². The fourth-order valence-corrected chi connectivity index (χ4v) is 4.59. The third-order valence-corrected chi connectivity index (χ3v) is 6.07. The summed E-state index contributed by atoms with van der Waals surface area (Å²) in [6.07, 6.45) is -3.43. The van der Waals surface area contributed by atoms with Crippen molar-refractivity contribution in [3.8, 4) is 5.75 Å². The van der Waals surface area contributed by atoms with Crippen molar-refractivity contribution in [2.75, 3.05) is 29.9 Å². The van der Waals surface area contributed by atoms with Gasteiger partial charge in [0.2, 0.25) is 5.13 Å². The molecule has 1 fully saturated rings. The van der Waals surface area contributed by atoms with Crippen molar-refractivity contribution in [2.24, 2.45) is 0 Å². The van der Waals surface area contributed by atoms with E-state index in [1.54, 1.807) is 13.1 Å². The van der Waals surface area contributed by atoms with Crippen LogP contribution >= 0.6 is 11.3 Å². The summed E-state index contributed by atoms with van der Waals surface area (Å²) in [7, 11) is 0. The maximum absolute atomic E-state index is 13.0. The van der Waals surface area contributed by atoms with Gasteiger partial charge in [0, 0.05) is 31.9 Å². The number of nitrogens with one attached hydrogen (secondary N) is 1. The van der Waals surface area contributed by atoms with Crippen LogP contribution in [0, 0.1) is 0 Å². The molecule has 0 aliphatic carbocycles. The highest BCUT2D eigenvalue weighted by Gasteiger charge is 2.32. The first-order valence-corrected chi connectivity index (χ1v) is 11.7. The largest absolute Gasteiger partial charge is 0.573 e. The molecular weight excluding hydrogens is 485 g/mol. The predicted molar refractivity (Wildman–Crippen MR) is 122 cm³/mol. The molecule has 0 unspecified atom stereocenters. The van der Waals surface area contributed by atoms with Gasteiger partial charge in [-0.3, -0.25) is 4.79 Å². The van der Waals surface area contributed by atoms with Crippen LogP contribution in [-0.2, 0) is 16.0 Å². The topological polar surface area (TPSA) is 102 Å². The van der Waals surface area contributed by atoms with Crippen LogP contribution in [-0.4, -0.2) is 58.3 Å². The van der Waals surface area contributed by atoms with Crippen LogP contribution < -0.4 is 15.0 Å². The molecule has 1 aromatic carbocycles. The van der Waals surface area contributed by atoms with Crippen molar-refractivity contribution in [3.63, 3.8) is 0 Å². The van der Waals surface area contributed by atoms with E-state index in [2.05, 4.69) is 35.3 Å². The Hall–Kier alpha value is -3.32. The zero-order valence-electron chi connectivity index (χ0n) is 18.7. The molecule has 3 heterocycles. The molecule has 0 spiro atoms. The Kier molecular flexibility index (Phi) is 7.76. The maximum atomic E-state index is 13.0. The Morgan fingerprint density at radius 2 is 2.11 bits per heavy atom. The van der Waals surface area contributed by atoms with E-state index >= 15 is 0 Å². The van der Waals surface area contributed by atoms with E-state index < -0.39 is 18.2 Å². The fourth-order valence-electron chi connectivity index (χ4n) is 3.76. The number of aromatic nitrogens is 4. The number of ether oxygens (including phenoxy) is 2. The van der Waals surface area contributed by atoms with E-state index in [9.17, 15) is 18.0 Å². The second-order valence-corrected chi connectivity index (χ2v) is 8.82. The number of anilines is 2. The second kappa shape index (κ2) is 11.0. The van der Waals surface area contributed by atoms with Crippen molar-refractivity contribution < 1.29 is 27.4 Å². The molecule has 2 aromatic heterocycles. The van der Waals surface area contributed by atoms with Crippen molar-refractivity contribution in [3.05, 3.63) is 53.2 Å². The van der Waals surface area contributed by atoms with Crippen molar-refractivity contribution >= 4 is 28.1 Å². The summed E-state index contributed by atoms with van der Waals surface area (Å²) < 4.78 is 47.2. The van der Waals surface area contributed by atoms with Gasteiger partial charge >= 0.3 is 6.36 Å². The minimum Gasteiger partial charge on any atom is -0.406 e. The number of nitrogens with zero attached hydrogens (tertiary/aromatic N) is 5. The molecule has 3 aromatic rings. The van der Waals surface area contributed by atoms with Crippen LogP contribution in [0.4, 0.5) is 24.1 Å². The SMILES string of the molecule is CCO[C@@H](C(=O)Cc1nnc(N[C@@H]2CCN(c3cccnn3)C2)s1)c1cccc(OC(F)(F)F)c1. The summed E-state index contributed by atoms with van der Waals surface area (Å²) in [5, 5.41) is 20.7. The molecule has 4 rings (SSSR count). The van der Waals surface area contributed by atoms with Gasteiger partial charge in [0.25, 0.3) is 0 Å². The van der Waals surface area contributed by atoms with E-state index in [1.165, 1.54) is 29.5 Å². The Morgan fingerprint density at radius 3 is 2.86 bits per heavy atom. The highest BCUT2D eigenvalue weighted by Crippen LogP contribution is 2.29. The van der Waals surface area contributed by atoms with Gasteiger partial charge in [-0.15, -0.1) is 28.5 Å². The predicted octanol–water partition coefficient (Wildman–Crippen LogP) is 3.81. The smallest absolute Gasteiger partial charge is 0.406 e. The molecule has 1 saturated heterocycles. The van der Waals surface area contributed by atoms with Gasteiger partial charge in [-0.1, -0.05) is 23.5 Å². The Morgan fingerprint density at radius 1 is 1.26 bits per heavy atom. The van der Waals surface area contributed by atoms with Gasteiger partial charge in [0.05, 0.1) is 6.42 Å². The van der Waals surface area contributed by atoms with Crippen molar-refractivity contribution in [1.82, 2.24) is 20.4 Å². The number of hydrogen-bond donors (Lipinski definition) is 1. The van der Waals surface area contributed by atoms with E-state index in [1.807, 2.05) is 12.1 Å². The highest BCUT2D eigenvalue weighted by atomic mass is 32.1. The zero-order valence-corrected chi connectivity index (χ0v) is 19.6. The zero-order chi connectivity index (χ0) is 24.8. The van der Waals surface area contributed by atoms with E-state index in [-0.39, 0.29) is 30.4 Å². The fraction of sp³-hybridized carbons (Fsp3) is 0.409. The average Bonchev–Trinajstić information content (AvgIpc) is 3.47. The molecule has 35 heavy (non-hydrogen) atoms. The third-order valence-electron chi connectivity index (χ3n) is 5.21. The standard InChI is InChI=1S/C22H23F3N6O3S/c1-2-33-20(14-5-3-6-16(11-14)34-22(23,24)25)17(32)12-19-29-30-21(35-19)27-15-8-10-31(13-15)18-7-4-9-26-28-18/h3-7,9,11,15,20H,2,8,10,12-13H2,1H3,(H,27,30)/t15-,20-/m1/s1. The molecule has 1 aliphatic heterocycles. The number of benzene rings is 1. The Labute approximate surface area is 203 Å². The first kappa shape index (κ1) is 24.8. The Balaban J connectivity index is 1.37. The number of ketones is 1. The summed E-state index contributed by atoms with van der Waals surface area (Å²) in [5.74, 6) is 0.0578. The molecule has 13 heteroatoms. The number of halogens is 3. The molecule has 2 atom stereocenters. The molecule has 0 bridgehead atoms. The number of carbonyl (C=O) groups excluding carboxylic acids is 1. The van der Waals surface area contributed by atoms with Crippen LogP contribution in [0.2, 0.25) is 0 Å². The first-order valence-electron chi connectivity index (χ1n) is 10.9. The molecular formula is C22H23F3N6O3S. The second-order valence-electron chi connectivity index (χ2n) is 7.76. The van der Waals surface area contributed by atoms with Crippen LogP contribution in [0.1, 0.15) is 30.0 Å². The molecule has 9 nitrogen and oxygen atoms in total. The number of hydrogen-bond acceptors (Lipinski definition) is 10. The minimum atomic E-state index is -4.83. The van der Waals surface area contributed by atoms with Crippen LogP contribution in [0.3, 0.4) is 0 Å². The van der Waals surface area contributed by atoms with Gasteiger partial charge < -0.3 is 19.7 Å². The lowest BCUT2D eigenvalue weighted by molar-refractivity contribution is -0.274. The van der Waals surface area contributed by atoms with Gasteiger partial charge in [0.15, 0.2) is 11.6 Å². The lowest BCUT2D eigenvalue weighted by Gasteiger charge is -2.17. The van der Waals surface area contributed by atoms with Gasteiger partial charge in [-0.05, 0) is 43.2 Å². The summed E-state index contributed by atoms with van der Waals surface area (Å²) >= 11 is 1.26. The van der Waals surface area contributed by atoms with E-state index in [4.69, 9.17) is 4.74 Å². The normalized spacial score (nSPS) is 16.8. The monoisotopic (exact) mass is 508 g/mol. The summed E-state index contributed by atoms with van der Waals surface area (Å²) in [5.41, 5.74) is 0.275. The summed E-state index contributed by atoms with van der Waals surface area (Å²) in [6.45, 7) is 3.46. The van der Waals surface area contributed by atoms with Crippen LogP contribution in [0.15, 0.2) is 42.6 Å². The van der Waals surface area contributed by atoms with Crippen LogP contribution in [0.25, 0.3) is 0 Å². The Bertz CT molecular complexity index is 1130. The van der Waals surface area contributed by atoms with E-state index in [0.29, 0.717) is 10.1 Å².